The summed E-state index contributed by atoms with van der Waals surface area (Å²) in [5.74, 6) is 1.73. The van der Waals surface area contributed by atoms with Crippen molar-refractivity contribution in [3.63, 3.8) is 0 Å². The van der Waals surface area contributed by atoms with Crippen molar-refractivity contribution in [2.75, 3.05) is 50.1 Å². The summed E-state index contributed by atoms with van der Waals surface area (Å²) in [4.78, 5) is 17.0. The second-order valence-corrected chi connectivity index (χ2v) is 8.01. The van der Waals surface area contributed by atoms with E-state index in [0.717, 1.165) is 42.7 Å². The maximum Gasteiger partial charge on any atom is 0.319 e. The van der Waals surface area contributed by atoms with Crippen LogP contribution >= 0.6 is 11.3 Å². The number of thiophene rings is 1. The van der Waals surface area contributed by atoms with Gasteiger partial charge in [-0.25, -0.2) is 4.79 Å². The first-order valence-corrected chi connectivity index (χ1v) is 10.9. The van der Waals surface area contributed by atoms with Crippen LogP contribution in [0.1, 0.15) is 11.8 Å². The van der Waals surface area contributed by atoms with Gasteiger partial charge < -0.3 is 19.4 Å². The van der Waals surface area contributed by atoms with Gasteiger partial charge in [0.15, 0.2) is 0 Å². The van der Waals surface area contributed by atoms with Gasteiger partial charge in [-0.2, -0.15) is 0 Å². The van der Waals surface area contributed by atoms with Crippen LogP contribution in [0.4, 0.5) is 15.5 Å². The number of ether oxygens (including phenoxy) is 1. The van der Waals surface area contributed by atoms with E-state index in [0.29, 0.717) is 6.54 Å². The Morgan fingerprint density at radius 2 is 1.93 bits per heavy atom. The molecule has 8 heteroatoms. The molecule has 0 aliphatic carbocycles. The van der Waals surface area contributed by atoms with Crippen LogP contribution in [0.15, 0.2) is 64.6 Å². The standard InChI is InChI=1S/C22H26N4O3S/c1-28-18-8-6-17(7-9-18)25-10-12-26(13-11-25)19(20-4-2-14-29-20)16-23-22(27)24-21-5-3-15-30-21/h2-9,14-15,19H,10-13,16H2,1H3,(H2,23,24,27). The van der Waals surface area contributed by atoms with E-state index in [-0.39, 0.29) is 12.1 Å². The van der Waals surface area contributed by atoms with E-state index in [1.165, 1.54) is 17.0 Å². The Morgan fingerprint density at radius 1 is 1.13 bits per heavy atom. The van der Waals surface area contributed by atoms with Crippen LogP contribution in [-0.2, 0) is 0 Å². The number of amides is 2. The summed E-state index contributed by atoms with van der Waals surface area (Å²) in [6.45, 7) is 4.06. The molecule has 1 atom stereocenters. The van der Waals surface area contributed by atoms with Gasteiger partial charge in [0.2, 0.25) is 0 Å². The molecule has 1 aromatic carbocycles. The van der Waals surface area contributed by atoms with Crippen LogP contribution in [0.5, 0.6) is 5.75 Å². The highest BCUT2D eigenvalue weighted by Gasteiger charge is 2.27. The summed E-state index contributed by atoms with van der Waals surface area (Å²) in [6, 6.07) is 15.6. The molecule has 1 aliphatic rings. The number of nitrogens with zero attached hydrogens (tertiary/aromatic N) is 2. The van der Waals surface area contributed by atoms with Gasteiger partial charge in [-0.05, 0) is 53.9 Å². The zero-order valence-corrected chi connectivity index (χ0v) is 17.7. The molecular formula is C22H26N4O3S. The van der Waals surface area contributed by atoms with Gasteiger partial charge in [0.25, 0.3) is 0 Å². The predicted molar refractivity (Wildman–Crippen MR) is 120 cm³/mol. The summed E-state index contributed by atoms with van der Waals surface area (Å²) in [5, 5.41) is 8.62. The number of carbonyl (C=O) groups excluding carboxylic acids is 1. The van der Waals surface area contributed by atoms with Crippen molar-refractivity contribution in [3.05, 3.63) is 65.9 Å². The molecule has 0 radical (unpaired) electrons. The van der Waals surface area contributed by atoms with Gasteiger partial charge in [0.1, 0.15) is 11.5 Å². The van der Waals surface area contributed by atoms with Crippen molar-refractivity contribution in [2.24, 2.45) is 0 Å². The lowest BCUT2D eigenvalue weighted by atomic mass is 10.1. The van der Waals surface area contributed by atoms with Crippen molar-refractivity contribution >= 4 is 28.1 Å². The van der Waals surface area contributed by atoms with Crippen molar-refractivity contribution in [1.29, 1.82) is 0 Å². The molecule has 2 amide bonds. The number of anilines is 2. The number of rotatable bonds is 7. The Hall–Kier alpha value is -2.97. The van der Waals surface area contributed by atoms with Gasteiger partial charge in [0.05, 0.1) is 24.4 Å². The lowest BCUT2D eigenvalue weighted by Gasteiger charge is -2.39. The summed E-state index contributed by atoms with van der Waals surface area (Å²) >= 11 is 1.50. The highest BCUT2D eigenvalue weighted by molar-refractivity contribution is 7.14. The van der Waals surface area contributed by atoms with Gasteiger partial charge in [-0.3, -0.25) is 10.2 Å². The highest BCUT2D eigenvalue weighted by Crippen LogP contribution is 2.25. The molecule has 1 unspecified atom stereocenters. The molecule has 158 valence electrons. The first-order chi connectivity index (χ1) is 14.7. The fourth-order valence-corrected chi connectivity index (χ4v) is 4.28. The Kier molecular flexibility index (Phi) is 6.56. The molecule has 1 aliphatic heterocycles. The lowest BCUT2D eigenvalue weighted by molar-refractivity contribution is 0.162. The number of piperazine rings is 1. The van der Waals surface area contributed by atoms with Crippen LogP contribution in [0.25, 0.3) is 0 Å². The van der Waals surface area contributed by atoms with Crippen molar-refractivity contribution in [3.8, 4) is 5.75 Å². The molecule has 2 N–H and O–H groups in total. The van der Waals surface area contributed by atoms with Gasteiger partial charge >= 0.3 is 6.03 Å². The first kappa shape index (κ1) is 20.3. The fraction of sp³-hybridized carbons (Fsp3) is 0.318. The monoisotopic (exact) mass is 426 g/mol. The summed E-state index contributed by atoms with van der Waals surface area (Å²) < 4.78 is 10.9. The lowest BCUT2D eigenvalue weighted by Crippen LogP contribution is -2.50. The Bertz CT molecular complexity index is 905. The second-order valence-electron chi connectivity index (χ2n) is 7.06. The summed E-state index contributed by atoms with van der Waals surface area (Å²) in [7, 11) is 1.68. The number of nitrogens with one attached hydrogen (secondary N) is 2. The molecular weight excluding hydrogens is 400 g/mol. The van der Waals surface area contributed by atoms with Gasteiger partial charge in [-0.15, -0.1) is 11.3 Å². The van der Waals surface area contributed by atoms with E-state index in [1.54, 1.807) is 13.4 Å². The number of furan rings is 1. The highest BCUT2D eigenvalue weighted by atomic mass is 32.1. The van der Waals surface area contributed by atoms with E-state index in [9.17, 15) is 4.79 Å². The van der Waals surface area contributed by atoms with Crippen LogP contribution < -0.4 is 20.3 Å². The third-order valence-electron chi connectivity index (χ3n) is 5.28. The minimum Gasteiger partial charge on any atom is -0.497 e. The average Bonchev–Trinajstić information content (AvgIpc) is 3.49. The topological polar surface area (TPSA) is 70.0 Å². The van der Waals surface area contributed by atoms with Crippen LogP contribution in [0.2, 0.25) is 0 Å². The molecule has 1 fully saturated rings. The zero-order chi connectivity index (χ0) is 20.8. The Labute approximate surface area is 180 Å². The van der Waals surface area contributed by atoms with E-state index in [2.05, 4.69) is 32.6 Å². The molecule has 7 nitrogen and oxygen atoms in total. The first-order valence-electron chi connectivity index (χ1n) is 9.98. The number of benzene rings is 1. The Morgan fingerprint density at radius 3 is 2.57 bits per heavy atom. The van der Waals surface area contributed by atoms with Gasteiger partial charge in [0, 0.05) is 38.4 Å². The largest absolute Gasteiger partial charge is 0.497 e. The van der Waals surface area contributed by atoms with Crippen molar-refractivity contribution in [1.82, 2.24) is 10.2 Å². The molecule has 0 spiro atoms. The smallest absolute Gasteiger partial charge is 0.319 e. The minimum absolute atomic E-state index is 0.00731. The molecule has 3 heterocycles. The maximum absolute atomic E-state index is 12.3. The van der Waals surface area contributed by atoms with Crippen molar-refractivity contribution < 1.29 is 13.9 Å². The van der Waals surface area contributed by atoms with E-state index < -0.39 is 0 Å². The number of hydrogen-bond donors (Lipinski definition) is 2. The second kappa shape index (κ2) is 9.69. The van der Waals surface area contributed by atoms with E-state index in [1.807, 2.05) is 41.8 Å². The SMILES string of the molecule is COc1ccc(N2CCN(C(CNC(=O)Nc3cccs3)c3ccco3)CC2)cc1. The van der Waals surface area contributed by atoms with Gasteiger partial charge in [-0.1, -0.05) is 0 Å². The third-order valence-corrected chi connectivity index (χ3v) is 6.06. The predicted octanol–water partition coefficient (Wildman–Crippen LogP) is 4.03. The summed E-state index contributed by atoms with van der Waals surface area (Å²) in [6.07, 6.45) is 1.68. The van der Waals surface area contributed by atoms with Crippen LogP contribution in [0.3, 0.4) is 0 Å². The molecule has 2 aromatic heterocycles. The minimum atomic E-state index is -0.203. The molecule has 30 heavy (non-hydrogen) atoms. The molecule has 0 bridgehead atoms. The van der Waals surface area contributed by atoms with Crippen LogP contribution in [0, 0.1) is 0 Å². The maximum atomic E-state index is 12.3. The molecule has 3 aromatic rings. The average molecular weight is 427 g/mol. The molecule has 4 rings (SSSR count). The quantitative estimate of drug-likeness (QED) is 0.597. The normalized spacial score (nSPS) is 15.6. The van der Waals surface area contributed by atoms with Crippen LogP contribution in [-0.4, -0.2) is 50.8 Å². The Balaban J connectivity index is 1.35. The van der Waals surface area contributed by atoms with E-state index in [4.69, 9.17) is 9.15 Å². The fourth-order valence-electron chi connectivity index (χ4n) is 3.67. The number of carbonyl (C=O) groups is 1. The van der Waals surface area contributed by atoms with E-state index >= 15 is 0 Å². The zero-order valence-electron chi connectivity index (χ0n) is 16.9. The molecule has 0 saturated carbocycles. The number of hydrogen-bond acceptors (Lipinski definition) is 6. The summed E-state index contributed by atoms with van der Waals surface area (Å²) in [5.41, 5.74) is 1.19. The van der Waals surface area contributed by atoms with Crippen molar-refractivity contribution in [2.45, 2.75) is 6.04 Å². The third kappa shape index (κ3) is 4.95. The number of urea groups is 1. The molecule has 1 saturated heterocycles. The number of methoxy groups -OCH3 is 1.